The third-order valence-corrected chi connectivity index (χ3v) is 2.37. The van der Waals surface area contributed by atoms with Gasteiger partial charge in [-0.15, -0.1) is 0 Å². The van der Waals surface area contributed by atoms with Crippen molar-refractivity contribution in [3.63, 3.8) is 0 Å². The molecule has 0 bridgehead atoms. The molecule has 0 radical (unpaired) electrons. The van der Waals surface area contributed by atoms with Crippen LogP contribution >= 0.6 is 12.6 Å². The van der Waals surface area contributed by atoms with Gasteiger partial charge in [0.25, 0.3) is 10.1 Å². The summed E-state index contributed by atoms with van der Waals surface area (Å²) < 4.78 is 28.9. The first kappa shape index (κ1) is 10.3. The summed E-state index contributed by atoms with van der Waals surface area (Å²) in [5.74, 6) is 0.483. The van der Waals surface area contributed by atoms with E-state index in [9.17, 15) is 8.42 Å². The second-order valence-corrected chi connectivity index (χ2v) is 4.31. The molecule has 0 saturated heterocycles. The molecule has 0 aliphatic heterocycles. The molecule has 0 aliphatic carbocycles. The third-order valence-electron chi connectivity index (χ3n) is 1.12. The smallest absolute Gasteiger partial charge is 0.265 e. The summed E-state index contributed by atoms with van der Waals surface area (Å²) in [6.07, 6.45) is 0.711. The summed E-state index contributed by atoms with van der Waals surface area (Å²) in [5, 5.41) is 0. The highest BCUT2D eigenvalue weighted by Crippen LogP contribution is 2.05. The van der Waals surface area contributed by atoms with Crippen LogP contribution in [-0.4, -0.2) is 24.5 Å². The van der Waals surface area contributed by atoms with Gasteiger partial charge in [0, 0.05) is 0 Å². The molecule has 10 heavy (non-hydrogen) atoms. The topological polar surface area (TPSA) is 54.4 Å². The lowest BCUT2D eigenvalue weighted by atomic mass is 10.2. The Bertz CT molecular complexity index is 173. The Morgan fingerprint density at radius 3 is 2.40 bits per heavy atom. The molecule has 0 aromatic carbocycles. The molecule has 0 spiro atoms. The van der Waals surface area contributed by atoms with Crippen LogP contribution in [0.15, 0.2) is 0 Å². The fraction of sp³-hybridized carbons (Fsp3) is 1.00. The summed E-state index contributed by atoms with van der Waals surface area (Å²) in [5.41, 5.74) is 0. The Morgan fingerprint density at radius 1 is 1.60 bits per heavy atom. The Hall–Kier alpha value is 0.260. The predicted octanol–water partition coefficient (Wildman–Crippen LogP) is 0.830. The van der Waals surface area contributed by atoms with Gasteiger partial charge in [-0.2, -0.15) is 21.0 Å². The van der Waals surface area contributed by atoms with Crippen molar-refractivity contribution < 1.29 is 13.0 Å². The van der Waals surface area contributed by atoms with Crippen LogP contribution in [0.1, 0.15) is 13.3 Å². The lowest BCUT2D eigenvalue weighted by Crippen LogP contribution is -2.12. The van der Waals surface area contributed by atoms with Crippen LogP contribution < -0.4 is 0 Å². The molecule has 5 heteroatoms. The van der Waals surface area contributed by atoms with Gasteiger partial charge in [-0.25, -0.2) is 0 Å². The van der Waals surface area contributed by atoms with Crippen LogP contribution in [0.2, 0.25) is 0 Å². The average Bonchev–Trinajstić information content (AvgIpc) is 1.59. The van der Waals surface area contributed by atoms with Gasteiger partial charge in [0.05, 0.1) is 5.75 Å². The maximum atomic E-state index is 10.2. The van der Waals surface area contributed by atoms with Crippen LogP contribution in [0.25, 0.3) is 0 Å². The van der Waals surface area contributed by atoms with E-state index in [1.807, 2.05) is 0 Å². The summed E-state index contributed by atoms with van der Waals surface area (Å²) in [6, 6.07) is 0. The van der Waals surface area contributed by atoms with Crippen LogP contribution in [0.5, 0.6) is 0 Å². The van der Waals surface area contributed by atoms with E-state index in [0.29, 0.717) is 12.2 Å². The highest BCUT2D eigenvalue weighted by Gasteiger charge is 2.10. The first-order valence-electron chi connectivity index (χ1n) is 3.01. The molecule has 62 valence electrons. The van der Waals surface area contributed by atoms with Gasteiger partial charge in [0.2, 0.25) is 0 Å². The molecule has 0 rings (SSSR count). The minimum Gasteiger partial charge on any atom is -0.286 e. The van der Waals surface area contributed by atoms with Gasteiger partial charge in [0.15, 0.2) is 0 Å². The zero-order chi connectivity index (χ0) is 8.20. The van der Waals surface area contributed by atoms with Crippen molar-refractivity contribution in [2.24, 2.45) is 5.92 Å². The molecule has 0 fully saturated rings. The molecule has 1 N–H and O–H groups in total. The molecular formula is C5H12O3S2. The second kappa shape index (κ2) is 4.20. The molecule has 0 heterocycles. The Balaban J connectivity index is 3.69. The largest absolute Gasteiger partial charge is 0.286 e. The highest BCUT2D eigenvalue weighted by atomic mass is 32.2. The minimum atomic E-state index is -3.78. The van der Waals surface area contributed by atoms with Gasteiger partial charge >= 0.3 is 0 Å². The van der Waals surface area contributed by atoms with E-state index in [2.05, 4.69) is 12.6 Å². The van der Waals surface area contributed by atoms with Gasteiger partial charge in [-0.3, -0.25) is 4.55 Å². The van der Waals surface area contributed by atoms with Crippen LogP contribution in [-0.2, 0) is 10.1 Å². The quantitative estimate of drug-likeness (QED) is 0.502. The highest BCUT2D eigenvalue weighted by molar-refractivity contribution is 7.85. The number of hydrogen-bond acceptors (Lipinski definition) is 3. The van der Waals surface area contributed by atoms with Gasteiger partial charge in [0.1, 0.15) is 0 Å². The standard InChI is InChI=1S/C5H12O3S2/c1-5(2-3-9)4-10(6,7)8/h5,9H,2-4H2,1H3,(H,6,7,8). The predicted molar refractivity (Wildman–Crippen MR) is 44.0 cm³/mol. The van der Waals surface area contributed by atoms with Gasteiger partial charge in [-0.1, -0.05) is 6.92 Å². The molecule has 0 amide bonds. The Morgan fingerprint density at radius 2 is 2.10 bits per heavy atom. The van der Waals surface area contributed by atoms with E-state index < -0.39 is 10.1 Å². The molecular weight excluding hydrogens is 172 g/mol. The summed E-state index contributed by atoms with van der Waals surface area (Å²) in [6.45, 7) is 1.77. The van der Waals surface area contributed by atoms with E-state index in [1.54, 1.807) is 6.92 Å². The third kappa shape index (κ3) is 6.38. The Labute approximate surface area is 67.0 Å². The number of thiol groups is 1. The molecule has 0 aliphatic rings. The summed E-state index contributed by atoms with van der Waals surface area (Å²) >= 11 is 3.93. The molecule has 0 aromatic heterocycles. The van der Waals surface area contributed by atoms with Gasteiger partial charge < -0.3 is 0 Å². The first-order chi connectivity index (χ1) is 4.45. The molecule has 0 saturated carbocycles. The molecule has 3 nitrogen and oxygen atoms in total. The van der Waals surface area contributed by atoms with E-state index in [1.165, 1.54) is 0 Å². The monoisotopic (exact) mass is 184 g/mol. The average molecular weight is 184 g/mol. The second-order valence-electron chi connectivity index (χ2n) is 2.37. The fourth-order valence-electron chi connectivity index (χ4n) is 0.663. The molecule has 1 unspecified atom stereocenters. The van der Waals surface area contributed by atoms with E-state index >= 15 is 0 Å². The van der Waals surface area contributed by atoms with E-state index in [4.69, 9.17) is 4.55 Å². The SMILES string of the molecule is CC(CCS)CS(=O)(=O)O. The zero-order valence-electron chi connectivity index (χ0n) is 5.82. The summed E-state index contributed by atoms with van der Waals surface area (Å²) in [7, 11) is -3.78. The minimum absolute atomic E-state index is 0.00694. The molecule has 0 aromatic rings. The van der Waals surface area contributed by atoms with Crippen molar-refractivity contribution in [1.29, 1.82) is 0 Å². The lowest BCUT2D eigenvalue weighted by molar-refractivity contribution is 0.467. The number of hydrogen-bond donors (Lipinski definition) is 2. The fourth-order valence-corrected chi connectivity index (χ4v) is 1.99. The zero-order valence-corrected chi connectivity index (χ0v) is 7.53. The van der Waals surface area contributed by atoms with Crippen molar-refractivity contribution >= 4 is 22.7 Å². The lowest BCUT2D eigenvalue weighted by Gasteiger charge is -2.05. The maximum absolute atomic E-state index is 10.2. The van der Waals surface area contributed by atoms with Crippen LogP contribution in [0.4, 0.5) is 0 Å². The van der Waals surface area contributed by atoms with Crippen LogP contribution in [0, 0.1) is 5.92 Å². The normalized spacial score (nSPS) is 15.1. The van der Waals surface area contributed by atoms with Crippen molar-refractivity contribution in [3.05, 3.63) is 0 Å². The van der Waals surface area contributed by atoms with Gasteiger partial charge in [-0.05, 0) is 18.1 Å². The van der Waals surface area contributed by atoms with Crippen LogP contribution in [0.3, 0.4) is 0 Å². The van der Waals surface area contributed by atoms with Crippen molar-refractivity contribution in [2.45, 2.75) is 13.3 Å². The van der Waals surface area contributed by atoms with Crippen molar-refractivity contribution in [2.75, 3.05) is 11.5 Å². The first-order valence-corrected chi connectivity index (χ1v) is 5.26. The maximum Gasteiger partial charge on any atom is 0.265 e. The van der Waals surface area contributed by atoms with Crippen molar-refractivity contribution in [1.82, 2.24) is 0 Å². The van der Waals surface area contributed by atoms with Crippen molar-refractivity contribution in [3.8, 4) is 0 Å². The summed E-state index contributed by atoms with van der Waals surface area (Å²) in [4.78, 5) is 0. The Kier molecular flexibility index (Phi) is 4.31. The van der Waals surface area contributed by atoms with E-state index in [-0.39, 0.29) is 11.7 Å². The van der Waals surface area contributed by atoms with E-state index in [0.717, 1.165) is 0 Å². The number of rotatable bonds is 4. The molecule has 1 atom stereocenters.